The molecule has 0 saturated carbocycles. The van der Waals surface area contributed by atoms with Gasteiger partial charge in [0.15, 0.2) is 0 Å². The molecule has 0 aliphatic carbocycles. The Balaban J connectivity index is 2.17. The lowest BCUT2D eigenvalue weighted by Gasteiger charge is -2.19. The molecule has 0 fully saturated rings. The summed E-state index contributed by atoms with van der Waals surface area (Å²) in [6.07, 6.45) is 0. The number of carbonyl (C=O) groups is 2. The zero-order valence-corrected chi connectivity index (χ0v) is 14.5. The molecular weight excluding hydrogens is 328 g/mol. The Labute approximate surface area is 145 Å². The van der Waals surface area contributed by atoms with Crippen LogP contribution >= 0.6 is 11.6 Å². The van der Waals surface area contributed by atoms with Gasteiger partial charge in [0.05, 0.1) is 11.1 Å². The van der Waals surface area contributed by atoms with Gasteiger partial charge in [-0.05, 0) is 57.2 Å². The quantitative estimate of drug-likeness (QED) is 0.646. The third-order valence-corrected chi connectivity index (χ3v) is 3.25. The van der Waals surface area contributed by atoms with E-state index < -0.39 is 11.6 Å². The van der Waals surface area contributed by atoms with Crippen molar-refractivity contribution >= 4 is 34.9 Å². The highest BCUT2D eigenvalue weighted by atomic mass is 35.5. The lowest BCUT2D eigenvalue weighted by molar-refractivity contribution is 0.00694. The molecule has 126 valence electrons. The first kappa shape index (κ1) is 17.8. The van der Waals surface area contributed by atoms with Crippen LogP contribution in [0.4, 0.5) is 11.4 Å². The van der Waals surface area contributed by atoms with Gasteiger partial charge in [-0.15, -0.1) is 0 Å². The number of amides is 1. The number of halogens is 1. The highest BCUT2D eigenvalue weighted by molar-refractivity contribution is 6.31. The Morgan fingerprint density at radius 2 is 1.83 bits per heavy atom. The average molecular weight is 347 g/mol. The molecule has 3 N–H and O–H groups in total. The van der Waals surface area contributed by atoms with E-state index in [0.29, 0.717) is 16.3 Å². The van der Waals surface area contributed by atoms with Crippen molar-refractivity contribution in [3.8, 4) is 0 Å². The molecule has 0 aliphatic rings. The predicted molar refractivity (Wildman–Crippen MR) is 95.4 cm³/mol. The van der Waals surface area contributed by atoms with E-state index in [2.05, 4.69) is 5.32 Å². The highest BCUT2D eigenvalue weighted by Gasteiger charge is 2.19. The van der Waals surface area contributed by atoms with Crippen LogP contribution < -0.4 is 11.1 Å². The van der Waals surface area contributed by atoms with Crippen molar-refractivity contribution in [1.82, 2.24) is 0 Å². The zero-order chi connectivity index (χ0) is 17.9. The van der Waals surface area contributed by atoms with Crippen LogP contribution in [0, 0.1) is 0 Å². The smallest absolute Gasteiger partial charge is 0.338 e. The minimum absolute atomic E-state index is 0.192. The van der Waals surface area contributed by atoms with Crippen molar-refractivity contribution in [3.63, 3.8) is 0 Å². The molecule has 2 rings (SSSR count). The minimum atomic E-state index is -0.603. The maximum atomic E-state index is 12.3. The van der Waals surface area contributed by atoms with Crippen LogP contribution in [0.15, 0.2) is 42.5 Å². The average Bonchev–Trinajstić information content (AvgIpc) is 2.45. The SMILES string of the molecule is CC(C)(C)OC(=O)c1ccc(C(=O)Nc2cccc(Cl)c2)c(N)c1. The molecule has 2 aromatic carbocycles. The number of carbonyl (C=O) groups excluding carboxylic acids is 2. The van der Waals surface area contributed by atoms with Gasteiger partial charge in [-0.1, -0.05) is 17.7 Å². The maximum absolute atomic E-state index is 12.3. The van der Waals surface area contributed by atoms with E-state index in [1.54, 1.807) is 45.0 Å². The van der Waals surface area contributed by atoms with E-state index >= 15 is 0 Å². The van der Waals surface area contributed by atoms with Gasteiger partial charge in [0.25, 0.3) is 5.91 Å². The lowest BCUT2D eigenvalue weighted by atomic mass is 10.1. The van der Waals surface area contributed by atoms with E-state index in [1.807, 2.05) is 0 Å². The second-order valence-corrected chi connectivity index (χ2v) is 6.70. The third kappa shape index (κ3) is 4.73. The van der Waals surface area contributed by atoms with Crippen molar-refractivity contribution in [2.45, 2.75) is 26.4 Å². The van der Waals surface area contributed by atoms with Gasteiger partial charge in [0, 0.05) is 16.4 Å². The van der Waals surface area contributed by atoms with E-state index in [4.69, 9.17) is 22.1 Å². The topological polar surface area (TPSA) is 81.4 Å². The number of nitrogen functional groups attached to an aromatic ring is 1. The first-order valence-electron chi connectivity index (χ1n) is 7.35. The summed E-state index contributed by atoms with van der Waals surface area (Å²) < 4.78 is 5.28. The molecule has 0 spiro atoms. The van der Waals surface area contributed by atoms with Crippen LogP contribution in [-0.4, -0.2) is 17.5 Å². The molecule has 0 heterocycles. The van der Waals surface area contributed by atoms with Crippen LogP contribution in [0.3, 0.4) is 0 Å². The molecule has 24 heavy (non-hydrogen) atoms. The fourth-order valence-electron chi connectivity index (χ4n) is 2.00. The fraction of sp³-hybridized carbons (Fsp3) is 0.222. The standard InChI is InChI=1S/C18H19ClN2O3/c1-18(2,3)24-17(23)11-7-8-14(15(20)9-11)16(22)21-13-6-4-5-12(19)10-13/h4-10H,20H2,1-3H3,(H,21,22). The first-order valence-corrected chi connectivity index (χ1v) is 7.73. The van der Waals surface area contributed by atoms with Gasteiger partial charge in [-0.25, -0.2) is 4.79 Å². The number of nitrogens with one attached hydrogen (secondary N) is 1. The van der Waals surface area contributed by atoms with Crippen LogP contribution in [0.5, 0.6) is 0 Å². The maximum Gasteiger partial charge on any atom is 0.338 e. The summed E-state index contributed by atoms with van der Waals surface area (Å²) in [5.41, 5.74) is 6.62. The number of ether oxygens (including phenoxy) is 1. The summed E-state index contributed by atoms with van der Waals surface area (Å²) in [5, 5.41) is 3.22. The molecule has 2 aromatic rings. The molecule has 0 atom stereocenters. The zero-order valence-electron chi connectivity index (χ0n) is 13.7. The number of hydrogen-bond donors (Lipinski definition) is 2. The van der Waals surface area contributed by atoms with Crippen molar-refractivity contribution in [2.24, 2.45) is 0 Å². The summed E-state index contributed by atoms with van der Waals surface area (Å²) in [7, 11) is 0. The van der Waals surface area contributed by atoms with Gasteiger partial charge in [-0.3, -0.25) is 4.79 Å². The molecule has 5 nitrogen and oxygen atoms in total. The summed E-state index contributed by atoms with van der Waals surface area (Å²) in [5.74, 6) is -0.874. The largest absolute Gasteiger partial charge is 0.456 e. The van der Waals surface area contributed by atoms with Crippen LogP contribution in [0.2, 0.25) is 5.02 Å². The third-order valence-electron chi connectivity index (χ3n) is 3.01. The van der Waals surface area contributed by atoms with E-state index in [0.717, 1.165) is 0 Å². The van der Waals surface area contributed by atoms with E-state index in [9.17, 15) is 9.59 Å². The van der Waals surface area contributed by atoms with Crippen LogP contribution in [0.1, 0.15) is 41.5 Å². The first-order chi connectivity index (χ1) is 11.2. The van der Waals surface area contributed by atoms with Crippen LogP contribution in [-0.2, 0) is 4.74 Å². The molecular formula is C18H19ClN2O3. The van der Waals surface area contributed by atoms with Crippen molar-refractivity contribution in [2.75, 3.05) is 11.1 Å². The second-order valence-electron chi connectivity index (χ2n) is 6.27. The number of rotatable bonds is 3. The number of anilines is 2. The predicted octanol–water partition coefficient (Wildman–Crippen LogP) is 4.13. The Morgan fingerprint density at radius 1 is 1.12 bits per heavy atom. The monoisotopic (exact) mass is 346 g/mol. The summed E-state index contributed by atoms with van der Waals surface area (Å²) in [6, 6.07) is 11.2. The van der Waals surface area contributed by atoms with E-state index in [-0.39, 0.29) is 17.2 Å². The van der Waals surface area contributed by atoms with Gasteiger partial charge >= 0.3 is 5.97 Å². The molecule has 6 heteroatoms. The Hall–Kier alpha value is -2.53. The Kier molecular flexibility index (Phi) is 5.14. The fourth-order valence-corrected chi connectivity index (χ4v) is 2.19. The highest BCUT2D eigenvalue weighted by Crippen LogP contribution is 2.20. The summed E-state index contributed by atoms with van der Waals surface area (Å²) >= 11 is 5.89. The Bertz CT molecular complexity index is 782. The molecule has 0 unspecified atom stereocenters. The number of benzene rings is 2. The molecule has 0 saturated heterocycles. The normalized spacial score (nSPS) is 11.0. The van der Waals surface area contributed by atoms with Gasteiger partial charge < -0.3 is 15.8 Å². The van der Waals surface area contributed by atoms with Crippen molar-refractivity contribution in [3.05, 3.63) is 58.6 Å². The number of nitrogens with two attached hydrogens (primary N) is 1. The molecule has 0 bridgehead atoms. The van der Waals surface area contributed by atoms with Gasteiger partial charge in [0.2, 0.25) is 0 Å². The molecule has 0 aromatic heterocycles. The number of esters is 1. The van der Waals surface area contributed by atoms with Gasteiger partial charge in [0.1, 0.15) is 5.60 Å². The minimum Gasteiger partial charge on any atom is -0.456 e. The van der Waals surface area contributed by atoms with Crippen LogP contribution in [0.25, 0.3) is 0 Å². The lowest BCUT2D eigenvalue weighted by Crippen LogP contribution is -2.24. The summed E-state index contributed by atoms with van der Waals surface area (Å²) in [6.45, 7) is 5.34. The molecule has 0 aliphatic heterocycles. The van der Waals surface area contributed by atoms with Crippen molar-refractivity contribution < 1.29 is 14.3 Å². The Morgan fingerprint density at radius 3 is 2.42 bits per heavy atom. The summed E-state index contributed by atoms with van der Waals surface area (Å²) in [4.78, 5) is 24.3. The van der Waals surface area contributed by atoms with E-state index in [1.165, 1.54) is 18.2 Å². The van der Waals surface area contributed by atoms with Crippen molar-refractivity contribution in [1.29, 1.82) is 0 Å². The van der Waals surface area contributed by atoms with Gasteiger partial charge in [-0.2, -0.15) is 0 Å². The molecule has 0 radical (unpaired) electrons. The second kappa shape index (κ2) is 6.93. The number of hydrogen-bond acceptors (Lipinski definition) is 4. The molecule has 1 amide bonds.